The standard InChI is InChI=1S/C33H36O16/c34-13-22-25(37)27(39)29(41)33(48-22)47-21-12-6-9-17(35)24(21)18(36)14-44-19-10-4-5-11-20(19)46-32-30(42)28(40)26(38)23(49-32)15-45-31(43)16-7-2-1-3-8-16/h1-12,22-23,25-30,32-35,37-42H,13-15H2/t22-,23-,25-,26-,27-,28-,29-,30-,32-,33-/m1/s1. The molecular formula is C33H36O16. The molecule has 3 aromatic carbocycles. The molecule has 0 spiro atoms. The van der Waals surface area contributed by atoms with Gasteiger partial charge in [0.15, 0.2) is 18.1 Å². The van der Waals surface area contributed by atoms with Gasteiger partial charge in [-0.15, -0.1) is 0 Å². The molecule has 264 valence electrons. The Hall–Kier alpha value is -4.36. The number of benzene rings is 3. The molecule has 8 N–H and O–H groups in total. The third-order valence-corrected chi connectivity index (χ3v) is 7.88. The number of carbonyl (C=O) groups excluding carboxylic acids is 2. The number of hydrogen-bond acceptors (Lipinski definition) is 16. The van der Waals surface area contributed by atoms with Crippen LogP contribution in [0, 0.1) is 0 Å². The Labute approximate surface area is 278 Å². The highest BCUT2D eigenvalue weighted by Crippen LogP contribution is 2.34. The number of carbonyl (C=O) groups is 2. The van der Waals surface area contributed by atoms with Gasteiger partial charge in [0.1, 0.15) is 72.5 Å². The molecule has 10 atom stereocenters. The summed E-state index contributed by atoms with van der Waals surface area (Å²) in [6.07, 6.45) is -16.1. The summed E-state index contributed by atoms with van der Waals surface area (Å²) in [6.45, 7) is -1.91. The lowest BCUT2D eigenvalue weighted by atomic mass is 9.99. The van der Waals surface area contributed by atoms with Crippen LogP contribution in [0.25, 0.3) is 0 Å². The highest BCUT2D eigenvalue weighted by atomic mass is 16.7. The number of aliphatic hydroxyl groups is 7. The van der Waals surface area contributed by atoms with Gasteiger partial charge in [-0.2, -0.15) is 0 Å². The van der Waals surface area contributed by atoms with Gasteiger partial charge in [-0.05, 0) is 36.4 Å². The average Bonchev–Trinajstić information content (AvgIpc) is 3.11. The first kappa shape index (κ1) is 35.9. The number of ketones is 1. The zero-order valence-electron chi connectivity index (χ0n) is 25.7. The van der Waals surface area contributed by atoms with Gasteiger partial charge < -0.3 is 69.3 Å². The Kier molecular flexibility index (Phi) is 11.7. The number of aliphatic hydroxyl groups excluding tert-OH is 7. The molecule has 0 aliphatic carbocycles. The number of hydrogen-bond donors (Lipinski definition) is 8. The highest BCUT2D eigenvalue weighted by molar-refractivity contribution is 6.02. The molecule has 2 aliphatic heterocycles. The minimum atomic E-state index is -1.78. The number of esters is 1. The monoisotopic (exact) mass is 688 g/mol. The third kappa shape index (κ3) is 8.10. The van der Waals surface area contributed by atoms with Gasteiger partial charge in [0.2, 0.25) is 18.4 Å². The van der Waals surface area contributed by atoms with Crippen LogP contribution in [-0.4, -0.2) is 134 Å². The van der Waals surface area contributed by atoms with Crippen molar-refractivity contribution in [2.45, 2.75) is 61.4 Å². The summed E-state index contributed by atoms with van der Waals surface area (Å²) in [5, 5.41) is 82.0. The number of para-hydroxylation sites is 2. The van der Waals surface area contributed by atoms with Crippen molar-refractivity contribution in [2.75, 3.05) is 19.8 Å². The van der Waals surface area contributed by atoms with Gasteiger partial charge in [0.05, 0.1) is 12.2 Å². The van der Waals surface area contributed by atoms with E-state index in [1.54, 1.807) is 30.3 Å². The fraction of sp³-hybridized carbons (Fsp3) is 0.394. The fourth-order valence-corrected chi connectivity index (χ4v) is 5.16. The quantitative estimate of drug-likeness (QED) is 0.0828. The highest BCUT2D eigenvalue weighted by Gasteiger charge is 2.46. The molecule has 2 fully saturated rings. The lowest BCUT2D eigenvalue weighted by molar-refractivity contribution is -0.277. The number of Topliss-reactive ketones (excluding diaryl/α,β-unsaturated/α-hetero) is 1. The molecule has 2 heterocycles. The van der Waals surface area contributed by atoms with Crippen molar-refractivity contribution >= 4 is 11.8 Å². The van der Waals surface area contributed by atoms with E-state index < -0.39 is 98.7 Å². The van der Waals surface area contributed by atoms with Crippen molar-refractivity contribution in [1.82, 2.24) is 0 Å². The summed E-state index contributed by atoms with van der Waals surface area (Å²) in [6, 6.07) is 17.8. The van der Waals surface area contributed by atoms with Gasteiger partial charge >= 0.3 is 5.97 Å². The maximum absolute atomic E-state index is 13.3. The zero-order chi connectivity index (χ0) is 35.2. The minimum Gasteiger partial charge on any atom is -0.507 e. The summed E-state index contributed by atoms with van der Waals surface area (Å²) >= 11 is 0. The number of phenols is 1. The van der Waals surface area contributed by atoms with E-state index in [9.17, 15) is 50.4 Å². The van der Waals surface area contributed by atoms with Crippen LogP contribution in [-0.2, 0) is 14.2 Å². The maximum atomic E-state index is 13.3. The van der Waals surface area contributed by atoms with Crippen molar-refractivity contribution in [3.05, 3.63) is 83.9 Å². The topological polar surface area (TPSA) is 251 Å². The maximum Gasteiger partial charge on any atom is 0.338 e. The van der Waals surface area contributed by atoms with E-state index in [-0.39, 0.29) is 28.4 Å². The van der Waals surface area contributed by atoms with Gasteiger partial charge in [-0.25, -0.2) is 4.79 Å². The van der Waals surface area contributed by atoms with Gasteiger partial charge in [-0.1, -0.05) is 36.4 Å². The van der Waals surface area contributed by atoms with Gasteiger partial charge in [-0.3, -0.25) is 4.79 Å². The fourth-order valence-electron chi connectivity index (χ4n) is 5.16. The second-order valence-corrected chi connectivity index (χ2v) is 11.2. The largest absolute Gasteiger partial charge is 0.507 e. The van der Waals surface area contributed by atoms with Crippen molar-refractivity contribution in [3.8, 4) is 23.0 Å². The van der Waals surface area contributed by atoms with Gasteiger partial charge in [0.25, 0.3) is 0 Å². The van der Waals surface area contributed by atoms with E-state index in [4.69, 9.17) is 28.4 Å². The Morgan fingerprint density at radius 2 is 1.18 bits per heavy atom. The molecular weight excluding hydrogens is 652 g/mol. The van der Waals surface area contributed by atoms with Crippen LogP contribution in [0.3, 0.4) is 0 Å². The number of aromatic hydroxyl groups is 1. The zero-order valence-corrected chi connectivity index (χ0v) is 25.7. The predicted molar refractivity (Wildman–Crippen MR) is 163 cm³/mol. The molecule has 2 aliphatic rings. The summed E-state index contributed by atoms with van der Waals surface area (Å²) in [5.74, 6) is -2.41. The number of ether oxygens (including phenoxy) is 6. The lowest BCUT2D eigenvalue weighted by Gasteiger charge is -2.40. The summed E-state index contributed by atoms with van der Waals surface area (Å²) < 4.78 is 33.3. The number of phenolic OH excluding ortho intramolecular Hbond substituents is 1. The normalized spacial score (nSPS) is 29.9. The van der Waals surface area contributed by atoms with Crippen LogP contribution in [0.4, 0.5) is 0 Å². The van der Waals surface area contributed by atoms with Crippen molar-refractivity contribution in [1.29, 1.82) is 0 Å². The Morgan fingerprint density at radius 1 is 0.633 bits per heavy atom. The van der Waals surface area contributed by atoms with Crippen LogP contribution in [0.2, 0.25) is 0 Å². The molecule has 2 saturated heterocycles. The molecule has 0 unspecified atom stereocenters. The molecule has 5 rings (SSSR count). The minimum absolute atomic E-state index is 0.0360. The Balaban J connectivity index is 1.25. The second-order valence-electron chi connectivity index (χ2n) is 11.2. The molecule has 0 bridgehead atoms. The SMILES string of the molecule is O=C(OC[C@H]1O[C@@H](Oc2ccccc2OCC(=O)c2c(O)cccc2O[C@@H]2O[C@H](CO)[C@@H](O)[C@@H](O)[C@H]2O)[C@H](O)[C@H](O)[C@@H]1O)c1ccccc1. The van der Waals surface area contributed by atoms with E-state index in [0.717, 1.165) is 0 Å². The van der Waals surface area contributed by atoms with Crippen LogP contribution in [0.5, 0.6) is 23.0 Å². The molecule has 0 amide bonds. The molecule has 16 heteroatoms. The van der Waals surface area contributed by atoms with Gasteiger partial charge in [0, 0.05) is 0 Å². The van der Waals surface area contributed by atoms with Crippen molar-refractivity contribution < 1.29 is 78.9 Å². The Morgan fingerprint density at radius 3 is 1.84 bits per heavy atom. The lowest BCUT2D eigenvalue weighted by Crippen LogP contribution is -2.60. The van der Waals surface area contributed by atoms with Crippen molar-refractivity contribution in [3.63, 3.8) is 0 Å². The molecule has 3 aromatic rings. The van der Waals surface area contributed by atoms with E-state index in [2.05, 4.69) is 0 Å². The molecule has 0 radical (unpaired) electrons. The predicted octanol–water partition coefficient (Wildman–Crippen LogP) is -1.12. The first-order valence-electron chi connectivity index (χ1n) is 15.1. The smallest absolute Gasteiger partial charge is 0.338 e. The van der Waals surface area contributed by atoms with E-state index in [1.807, 2.05) is 0 Å². The third-order valence-electron chi connectivity index (χ3n) is 7.88. The summed E-state index contributed by atoms with van der Waals surface area (Å²) in [5.41, 5.74) is -0.132. The van der Waals surface area contributed by atoms with E-state index in [1.165, 1.54) is 42.5 Å². The Bertz CT molecular complexity index is 1570. The van der Waals surface area contributed by atoms with E-state index >= 15 is 0 Å². The average molecular weight is 689 g/mol. The van der Waals surface area contributed by atoms with Crippen LogP contribution < -0.4 is 14.2 Å². The van der Waals surface area contributed by atoms with E-state index in [0.29, 0.717) is 0 Å². The molecule has 0 saturated carbocycles. The molecule has 16 nitrogen and oxygen atoms in total. The summed E-state index contributed by atoms with van der Waals surface area (Å²) in [7, 11) is 0. The second kappa shape index (κ2) is 15.9. The van der Waals surface area contributed by atoms with Crippen LogP contribution in [0.15, 0.2) is 72.8 Å². The first-order valence-corrected chi connectivity index (χ1v) is 15.1. The van der Waals surface area contributed by atoms with Crippen molar-refractivity contribution in [2.24, 2.45) is 0 Å². The summed E-state index contributed by atoms with van der Waals surface area (Å²) in [4.78, 5) is 25.7. The number of rotatable bonds is 12. The van der Waals surface area contributed by atoms with Crippen LogP contribution >= 0.6 is 0 Å². The molecule has 0 aromatic heterocycles. The molecule has 49 heavy (non-hydrogen) atoms. The first-order chi connectivity index (χ1) is 23.5. The van der Waals surface area contributed by atoms with Crippen LogP contribution in [0.1, 0.15) is 20.7 Å².